The van der Waals surface area contributed by atoms with E-state index < -0.39 is 12.2 Å². The average molecular weight is 196 g/mol. The van der Waals surface area contributed by atoms with E-state index >= 15 is 0 Å². The topological polar surface area (TPSA) is 0 Å². The van der Waals surface area contributed by atoms with Crippen LogP contribution in [0.1, 0.15) is 12.0 Å². The van der Waals surface area contributed by atoms with Gasteiger partial charge < -0.3 is 0 Å². The van der Waals surface area contributed by atoms with E-state index in [1.807, 2.05) is 0 Å². The number of hydrogen-bond donors (Lipinski definition) is 0. The third-order valence-corrected chi connectivity index (χ3v) is 2.14. The Hall–Kier alpha value is -1.51. The molecule has 0 N–H and O–H groups in total. The summed E-state index contributed by atoms with van der Waals surface area (Å²) in [5.41, 5.74) is -0.123. The number of hydrogen-bond acceptors (Lipinski definition) is 0. The smallest absolute Gasteiger partial charge is 0.206 e. The second-order valence-corrected chi connectivity index (χ2v) is 2.98. The van der Waals surface area contributed by atoms with Crippen molar-refractivity contribution in [2.45, 2.75) is 6.43 Å². The Labute approximate surface area is 79.0 Å². The lowest BCUT2D eigenvalue weighted by atomic mass is 10.0. The van der Waals surface area contributed by atoms with Crippen LogP contribution >= 0.6 is 0 Å². The number of alkyl halides is 2. The van der Waals surface area contributed by atoms with Crippen molar-refractivity contribution in [3.63, 3.8) is 0 Å². The summed E-state index contributed by atoms with van der Waals surface area (Å²) < 4.78 is 38.2. The first-order chi connectivity index (χ1) is 6.70. The van der Waals surface area contributed by atoms with Crippen molar-refractivity contribution in [3.8, 4) is 0 Å². The van der Waals surface area contributed by atoms with Crippen LogP contribution in [0, 0.1) is 5.82 Å². The monoisotopic (exact) mass is 196 g/mol. The van der Waals surface area contributed by atoms with Crippen molar-refractivity contribution in [3.05, 3.63) is 47.8 Å². The average Bonchev–Trinajstić information content (AvgIpc) is 2.18. The molecule has 0 aliphatic rings. The normalized spacial score (nSPS) is 11.1. The van der Waals surface area contributed by atoms with Crippen LogP contribution in [0.2, 0.25) is 0 Å². The molecule has 14 heavy (non-hydrogen) atoms. The number of rotatable bonds is 1. The molecule has 0 fully saturated rings. The molecular formula is C11H7F3. The molecule has 0 unspecified atom stereocenters. The van der Waals surface area contributed by atoms with E-state index in [1.54, 1.807) is 12.1 Å². The second-order valence-electron chi connectivity index (χ2n) is 2.98. The van der Waals surface area contributed by atoms with Crippen LogP contribution < -0.4 is 0 Å². The van der Waals surface area contributed by atoms with E-state index in [2.05, 4.69) is 0 Å². The molecule has 0 nitrogen and oxygen atoms in total. The van der Waals surface area contributed by atoms with E-state index in [0.29, 0.717) is 0 Å². The molecule has 0 bridgehead atoms. The summed E-state index contributed by atoms with van der Waals surface area (Å²) in [5.74, 6) is -0.468. The van der Waals surface area contributed by atoms with Gasteiger partial charge in [-0.15, -0.1) is 0 Å². The third kappa shape index (κ3) is 1.35. The van der Waals surface area contributed by atoms with E-state index in [-0.39, 0.29) is 16.3 Å². The molecule has 0 heterocycles. The first-order valence-corrected chi connectivity index (χ1v) is 4.15. The Kier molecular flexibility index (Phi) is 2.15. The summed E-state index contributed by atoms with van der Waals surface area (Å²) in [6.45, 7) is 0. The summed E-state index contributed by atoms with van der Waals surface area (Å²) >= 11 is 0. The van der Waals surface area contributed by atoms with Crippen LogP contribution in [0.5, 0.6) is 0 Å². The molecule has 0 saturated heterocycles. The van der Waals surface area contributed by atoms with Gasteiger partial charge in [0.25, 0.3) is 6.43 Å². The van der Waals surface area contributed by atoms with Gasteiger partial charge in [0.2, 0.25) is 0 Å². The zero-order valence-electron chi connectivity index (χ0n) is 7.18. The highest BCUT2D eigenvalue weighted by Crippen LogP contribution is 2.28. The molecule has 2 aromatic rings. The van der Waals surface area contributed by atoms with Crippen molar-refractivity contribution in [1.82, 2.24) is 0 Å². The predicted molar refractivity (Wildman–Crippen MR) is 48.9 cm³/mol. The fourth-order valence-electron chi connectivity index (χ4n) is 1.48. The van der Waals surface area contributed by atoms with Crippen molar-refractivity contribution < 1.29 is 13.2 Å². The van der Waals surface area contributed by atoms with Crippen LogP contribution in [-0.4, -0.2) is 0 Å². The molecule has 0 aromatic heterocycles. The molecule has 0 spiro atoms. The SMILES string of the molecule is Fc1ccc(C(F)F)c2ccccc12. The molecule has 0 aliphatic heterocycles. The molecule has 3 heteroatoms. The van der Waals surface area contributed by atoms with E-state index in [0.717, 1.165) is 12.1 Å². The molecule has 2 aromatic carbocycles. The van der Waals surface area contributed by atoms with Gasteiger partial charge in [-0.2, -0.15) is 0 Å². The van der Waals surface area contributed by atoms with Gasteiger partial charge in [-0.05, 0) is 17.5 Å². The summed E-state index contributed by atoms with van der Waals surface area (Å²) in [6.07, 6.45) is -2.57. The zero-order valence-corrected chi connectivity index (χ0v) is 7.18. The van der Waals surface area contributed by atoms with Gasteiger partial charge >= 0.3 is 0 Å². The minimum atomic E-state index is -2.57. The lowest BCUT2D eigenvalue weighted by molar-refractivity contribution is 0.153. The van der Waals surface area contributed by atoms with Gasteiger partial charge in [-0.1, -0.05) is 24.3 Å². The Morgan fingerprint density at radius 1 is 0.857 bits per heavy atom. The van der Waals surface area contributed by atoms with Crippen LogP contribution in [0.15, 0.2) is 36.4 Å². The molecular weight excluding hydrogens is 189 g/mol. The fraction of sp³-hybridized carbons (Fsp3) is 0.0909. The van der Waals surface area contributed by atoms with Gasteiger partial charge in [-0.25, -0.2) is 13.2 Å². The molecule has 72 valence electrons. The Bertz CT molecular complexity index is 463. The van der Waals surface area contributed by atoms with Crippen LogP contribution in [0.3, 0.4) is 0 Å². The van der Waals surface area contributed by atoms with Crippen molar-refractivity contribution in [2.75, 3.05) is 0 Å². The number of halogens is 3. The Balaban J connectivity index is 2.82. The maximum atomic E-state index is 13.2. The Morgan fingerprint density at radius 3 is 2.14 bits per heavy atom. The maximum Gasteiger partial charge on any atom is 0.264 e. The second kappa shape index (κ2) is 3.33. The highest BCUT2D eigenvalue weighted by atomic mass is 19.3. The zero-order chi connectivity index (χ0) is 10.1. The van der Waals surface area contributed by atoms with Crippen LogP contribution in [0.25, 0.3) is 10.8 Å². The summed E-state index contributed by atoms with van der Waals surface area (Å²) in [4.78, 5) is 0. The number of fused-ring (bicyclic) bond motifs is 1. The quantitative estimate of drug-likeness (QED) is 0.648. The first kappa shape index (κ1) is 9.06. The lowest BCUT2D eigenvalue weighted by Gasteiger charge is -2.05. The van der Waals surface area contributed by atoms with Crippen molar-refractivity contribution >= 4 is 10.8 Å². The molecule has 0 amide bonds. The largest absolute Gasteiger partial charge is 0.264 e. The van der Waals surface area contributed by atoms with Gasteiger partial charge in [0.15, 0.2) is 0 Å². The minimum Gasteiger partial charge on any atom is -0.206 e. The molecule has 0 aliphatic carbocycles. The highest BCUT2D eigenvalue weighted by molar-refractivity contribution is 5.86. The van der Waals surface area contributed by atoms with Gasteiger partial charge in [-0.3, -0.25) is 0 Å². The van der Waals surface area contributed by atoms with Crippen molar-refractivity contribution in [1.29, 1.82) is 0 Å². The molecule has 0 atom stereocenters. The molecule has 0 saturated carbocycles. The summed E-state index contributed by atoms with van der Waals surface area (Å²) in [7, 11) is 0. The maximum absolute atomic E-state index is 13.2. The highest BCUT2D eigenvalue weighted by Gasteiger charge is 2.12. The first-order valence-electron chi connectivity index (χ1n) is 4.15. The van der Waals surface area contributed by atoms with E-state index in [9.17, 15) is 13.2 Å². The van der Waals surface area contributed by atoms with Crippen LogP contribution in [0.4, 0.5) is 13.2 Å². The Morgan fingerprint density at radius 2 is 1.50 bits per heavy atom. The van der Waals surface area contributed by atoms with E-state index in [4.69, 9.17) is 0 Å². The molecule has 2 rings (SSSR count). The lowest BCUT2D eigenvalue weighted by Crippen LogP contribution is -1.88. The summed E-state index contributed by atoms with van der Waals surface area (Å²) in [5, 5.41) is 0.521. The van der Waals surface area contributed by atoms with E-state index in [1.165, 1.54) is 12.1 Å². The number of benzene rings is 2. The minimum absolute atomic E-state index is 0.123. The third-order valence-electron chi connectivity index (χ3n) is 2.14. The fourth-order valence-corrected chi connectivity index (χ4v) is 1.48. The molecule has 0 radical (unpaired) electrons. The van der Waals surface area contributed by atoms with Gasteiger partial charge in [0.1, 0.15) is 5.82 Å². The van der Waals surface area contributed by atoms with Gasteiger partial charge in [0, 0.05) is 10.9 Å². The van der Waals surface area contributed by atoms with Crippen molar-refractivity contribution in [2.24, 2.45) is 0 Å². The predicted octanol–water partition coefficient (Wildman–Crippen LogP) is 3.92. The van der Waals surface area contributed by atoms with Crippen LogP contribution in [-0.2, 0) is 0 Å². The summed E-state index contributed by atoms with van der Waals surface area (Å²) in [6, 6.07) is 8.44. The van der Waals surface area contributed by atoms with Gasteiger partial charge in [0.05, 0.1) is 0 Å². The standard InChI is InChI=1S/C11H7F3/c12-10-6-5-9(11(13)14)7-3-1-2-4-8(7)10/h1-6,11H.